The number of aromatic nitrogens is 2. The molecule has 3 nitrogen and oxygen atoms in total. The Balaban J connectivity index is 1.86. The minimum atomic E-state index is 0.716. The molecule has 0 aliphatic heterocycles. The maximum absolute atomic E-state index is 4.15. The maximum Gasteiger partial charge on any atom is 0.0945 e. The van der Waals surface area contributed by atoms with E-state index in [4.69, 9.17) is 0 Å². The molecule has 0 saturated heterocycles. The highest BCUT2D eigenvalue weighted by molar-refractivity contribution is 4.97. The van der Waals surface area contributed by atoms with E-state index < -0.39 is 0 Å². The van der Waals surface area contributed by atoms with Crippen molar-refractivity contribution < 1.29 is 0 Å². The monoisotopic (exact) mass is 221 g/mol. The van der Waals surface area contributed by atoms with Gasteiger partial charge >= 0.3 is 0 Å². The smallest absolute Gasteiger partial charge is 0.0945 e. The van der Waals surface area contributed by atoms with Crippen LogP contribution in [-0.2, 0) is 13.6 Å². The van der Waals surface area contributed by atoms with E-state index >= 15 is 0 Å². The van der Waals surface area contributed by atoms with E-state index in [1.807, 2.05) is 12.5 Å². The fourth-order valence-electron chi connectivity index (χ4n) is 2.76. The third kappa shape index (κ3) is 2.64. The van der Waals surface area contributed by atoms with Crippen molar-refractivity contribution in [1.29, 1.82) is 0 Å². The van der Waals surface area contributed by atoms with Gasteiger partial charge in [-0.3, -0.25) is 0 Å². The van der Waals surface area contributed by atoms with Gasteiger partial charge in [0, 0.05) is 25.8 Å². The molecule has 1 N–H and O–H groups in total. The minimum Gasteiger partial charge on any atom is -0.337 e. The second-order valence-electron chi connectivity index (χ2n) is 4.94. The minimum absolute atomic E-state index is 0.716. The van der Waals surface area contributed by atoms with Crippen molar-refractivity contribution in [3.8, 4) is 0 Å². The molecule has 0 amide bonds. The summed E-state index contributed by atoms with van der Waals surface area (Å²) in [6.45, 7) is 3.27. The van der Waals surface area contributed by atoms with E-state index in [0.29, 0.717) is 6.04 Å². The largest absolute Gasteiger partial charge is 0.337 e. The van der Waals surface area contributed by atoms with Crippen LogP contribution in [0.25, 0.3) is 0 Å². The molecule has 1 saturated carbocycles. The third-order valence-corrected chi connectivity index (χ3v) is 3.90. The Kier molecular flexibility index (Phi) is 3.99. The summed E-state index contributed by atoms with van der Waals surface area (Å²) >= 11 is 0. The Bertz CT molecular complexity index is 319. The Morgan fingerprint density at radius 1 is 1.44 bits per heavy atom. The highest BCUT2D eigenvalue weighted by atomic mass is 15.1. The third-order valence-electron chi connectivity index (χ3n) is 3.90. The summed E-state index contributed by atoms with van der Waals surface area (Å²) in [4.78, 5) is 4.15. The first-order chi connectivity index (χ1) is 7.81. The van der Waals surface area contributed by atoms with Crippen LogP contribution in [0.3, 0.4) is 0 Å². The van der Waals surface area contributed by atoms with Gasteiger partial charge in [-0.1, -0.05) is 26.2 Å². The van der Waals surface area contributed by atoms with Crippen LogP contribution < -0.4 is 5.32 Å². The van der Waals surface area contributed by atoms with E-state index in [1.165, 1.54) is 37.8 Å². The molecule has 16 heavy (non-hydrogen) atoms. The molecular weight excluding hydrogens is 198 g/mol. The maximum atomic E-state index is 4.15. The Hall–Kier alpha value is -0.830. The molecule has 2 rings (SSSR count). The summed E-state index contributed by atoms with van der Waals surface area (Å²) < 4.78 is 2.09. The number of imidazole rings is 1. The summed E-state index contributed by atoms with van der Waals surface area (Å²) in [6.07, 6.45) is 10.7. The van der Waals surface area contributed by atoms with Gasteiger partial charge in [0.15, 0.2) is 0 Å². The van der Waals surface area contributed by atoms with Crippen LogP contribution in [-0.4, -0.2) is 15.6 Å². The van der Waals surface area contributed by atoms with E-state index in [1.54, 1.807) is 0 Å². The predicted molar refractivity (Wildman–Crippen MR) is 66.1 cm³/mol. The highest BCUT2D eigenvalue weighted by Crippen LogP contribution is 2.26. The van der Waals surface area contributed by atoms with Crippen LogP contribution in [0.2, 0.25) is 0 Å². The zero-order valence-corrected chi connectivity index (χ0v) is 10.4. The molecule has 0 bridgehead atoms. The average molecular weight is 221 g/mol. The quantitative estimate of drug-likeness (QED) is 0.846. The van der Waals surface area contributed by atoms with Crippen molar-refractivity contribution in [2.45, 2.75) is 51.6 Å². The second kappa shape index (κ2) is 5.48. The number of hydrogen-bond acceptors (Lipinski definition) is 2. The van der Waals surface area contributed by atoms with Crippen molar-refractivity contribution in [1.82, 2.24) is 14.9 Å². The topological polar surface area (TPSA) is 29.9 Å². The number of hydrogen-bond donors (Lipinski definition) is 1. The first kappa shape index (κ1) is 11.6. The molecule has 90 valence electrons. The number of rotatable bonds is 4. The summed E-state index contributed by atoms with van der Waals surface area (Å²) in [5, 5.41) is 3.70. The summed E-state index contributed by atoms with van der Waals surface area (Å²) in [6, 6.07) is 0.716. The highest BCUT2D eigenvalue weighted by Gasteiger charge is 2.22. The van der Waals surface area contributed by atoms with Gasteiger partial charge in [-0.05, 0) is 18.8 Å². The number of nitrogens with one attached hydrogen (secondary N) is 1. The van der Waals surface area contributed by atoms with Gasteiger partial charge in [-0.15, -0.1) is 0 Å². The zero-order valence-electron chi connectivity index (χ0n) is 10.4. The summed E-state index contributed by atoms with van der Waals surface area (Å²) in [5.41, 5.74) is 1.28. The standard InChI is InChI=1S/C13H23N3/c1-3-11-6-4-5-7-13(11)15-9-12-8-14-10-16(12)2/h8,10-11,13,15H,3-7,9H2,1-2H3. The predicted octanol–water partition coefficient (Wildman–Crippen LogP) is 2.48. The van der Waals surface area contributed by atoms with Gasteiger partial charge in [-0.2, -0.15) is 0 Å². The lowest BCUT2D eigenvalue weighted by atomic mass is 9.83. The van der Waals surface area contributed by atoms with Crippen LogP contribution >= 0.6 is 0 Å². The molecule has 3 heteroatoms. The molecule has 1 aliphatic carbocycles. The fraction of sp³-hybridized carbons (Fsp3) is 0.769. The second-order valence-corrected chi connectivity index (χ2v) is 4.94. The Morgan fingerprint density at radius 2 is 2.25 bits per heavy atom. The lowest BCUT2D eigenvalue weighted by Gasteiger charge is -2.31. The number of aryl methyl sites for hydroxylation is 1. The first-order valence-electron chi connectivity index (χ1n) is 6.50. The van der Waals surface area contributed by atoms with E-state index in [9.17, 15) is 0 Å². The van der Waals surface area contributed by atoms with Crippen LogP contribution in [0.5, 0.6) is 0 Å². The number of nitrogens with zero attached hydrogens (tertiary/aromatic N) is 2. The van der Waals surface area contributed by atoms with Gasteiger partial charge in [-0.25, -0.2) is 4.98 Å². The Labute approximate surface area is 98.3 Å². The molecule has 2 unspecified atom stereocenters. The van der Waals surface area contributed by atoms with Gasteiger partial charge in [0.1, 0.15) is 0 Å². The van der Waals surface area contributed by atoms with Gasteiger partial charge in [0.05, 0.1) is 12.0 Å². The molecule has 1 aliphatic rings. The lowest BCUT2D eigenvalue weighted by molar-refractivity contribution is 0.253. The van der Waals surface area contributed by atoms with E-state index in [-0.39, 0.29) is 0 Å². The molecule has 1 fully saturated rings. The van der Waals surface area contributed by atoms with Crippen molar-refractivity contribution in [2.24, 2.45) is 13.0 Å². The molecule has 0 aromatic carbocycles. The van der Waals surface area contributed by atoms with Crippen LogP contribution in [0.15, 0.2) is 12.5 Å². The molecule has 2 atom stereocenters. The van der Waals surface area contributed by atoms with Gasteiger partial charge in [0.2, 0.25) is 0 Å². The van der Waals surface area contributed by atoms with Crippen LogP contribution in [0, 0.1) is 5.92 Å². The summed E-state index contributed by atoms with van der Waals surface area (Å²) in [5.74, 6) is 0.877. The lowest BCUT2D eigenvalue weighted by Crippen LogP contribution is -2.38. The van der Waals surface area contributed by atoms with Crippen LogP contribution in [0.1, 0.15) is 44.7 Å². The van der Waals surface area contributed by atoms with E-state index in [0.717, 1.165) is 12.5 Å². The van der Waals surface area contributed by atoms with Crippen molar-refractivity contribution in [2.75, 3.05) is 0 Å². The molecule has 1 aromatic rings. The molecule has 0 radical (unpaired) electrons. The molecule has 1 aromatic heterocycles. The average Bonchev–Trinajstić information content (AvgIpc) is 2.72. The molecule has 1 heterocycles. The summed E-state index contributed by atoms with van der Waals surface area (Å²) in [7, 11) is 2.06. The van der Waals surface area contributed by atoms with E-state index in [2.05, 4.69) is 28.8 Å². The molecule has 0 spiro atoms. The zero-order chi connectivity index (χ0) is 11.4. The normalized spacial score (nSPS) is 25.9. The van der Waals surface area contributed by atoms with Crippen molar-refractivity contribution in [3.05, 3.63) is 18.2 Å². The van der Waals surface area contributed by atoms with Gasteiger partial charge < -0.3 is 9.88 Å². The SMILES string of the molecule is CCC1CCCCC1NCc1cncn1C. The first-order valence-corrected chi connectivity index (χ1v) is 6.50. The fourth-order valence-corrected chi connectivity index (χ4v) is 2.76. The van der Waals surface area contributed by atoms with Gasteiger partial charge in [0.25, 0.3) is 0 Å². The van der Waals surface area contributed by atoms with Crippen LogP contribution in [0.4, 0.5) is 0 Å². The van der Waals surface area contributed by atoms with Crippen molar-refractivity contribution in [3.63, 3.8) is 0 Å². The Morgan fingerprint density at radius 3 is 2.94 bits per heavy atom. The molecular formula is C13H23N3. The van der Waals surface area contributed by atoms with Crippen molar-refractivity contribution >= 4 is 0 Å².